The van der Waals surface area contributed by atoms with Crippen LogP contribution in [0.25, 0.3) is 0 Å². The zero-order valence-corrected chi connectivity index (χ0v) is 8.36. The van der Waals surface area contributed by atoms with E-state index in [1.165, 1.54) is 0 Å². The van der Waals surface area contributed by atoms with Crippen LogP contribution in [0, 0.1) is 0 Å². The molecule has 78 valence electrons. The summed E-state index contributed by atoms with van der Waals surface area (Å²) >= 11 is 0. The van der Waals surface area contributed by atoms with Crippen LogP contribution in [0.3, 0.4) is 0 Å². The first-order chi connectivity index (χ1) is 6.68. The van der Waals surface area contributed by atoms with Crippen LogP contribution in [0.5, 0.6) is 0 Å². The number of carbonyl (C=O) groups excluding carboxylic acids is 1. The van der Waals surface area contributed by atoms with Crippen LogP contribution in [0.1, 0.15) is 19.6 Å². The molecule has 4 heteroatoms. The Labute approximate surface area is 82.8 Å². The lowest BCUT2D eigenvalue weighted by Gasteiger charge is -2.07. The summed E-state index contributed by atoms with van der Waals surface area (Å²) in [6.45, 7) is 3.84. The number of hydrogen-bond donors (Lipinski definition) is 0. The second-order valence-electron chi connectivity index (χ2n) is 3.11. The first kappa shape index (κ1) is 10.8. The molecular weight excluding hydrogens is 184 g/mol. The van der Waals surface area contributed by atoms with E-state index >= 15 is 0 Å². The third-order valence-electron chi connectivity index (χ3n) is 1.41. The van der Waals surface area contributed by atoms with E-state index in [1.807, 2.05) is 0 Å². The van der Waals surface area contributed by atoms with Gasteiger partial charge in [-0.2, -0.15) is 0 Å². The summed E-state index contributed by atoms with van der Waals surface area (Å²) in [6.07, 6.45) is 1.46. The smallest absolute Gasteiger partial charge is 0.332 e. The summed E-state index contributed by atoms with van der Waals surface area (Å²) in [7, 11) is 0. The predicted octanol–water partition coefficient (Wildman–Crippen LogP) is 1.75. The summed E-state index contributed by atoms with van der Waals surface area (Å²) in [5.41, 5.74) is 0. The van der Waals surface area contributed by atoms with E-state index in [4.69, 9.17) is 13.9 Å². The predicted molar refractivity (Wildman–Crippen MR) is 49.6 cm³/mol. The highest BCUT2D eigenvalue weighted by molar-refractivity contribution is 5.70. The molecule has 14 heavy (non-hydrogen) atoms. The average molecular weight is 198 g/mol. The Kier molecular flexibility index (Phi) is 4.19. The van der Waals surface area contributed by atoms with Crippen LogP contribution in [0.4, 0.5) is 0 Å². The topological polar surface area (TPSA) is 48.7 Å². The number of rotatable bonds is 5. The SMILES string of the molecule is CC(C)OC(=O)COCc1ccco1. The van der Waals surface area contributed by atoms with Gasteiger partial charge in [0.1, 0.15) is 19.0 Å². The van der Waals surface area contributed by atoms with Crippen molar-refractivity contribution in [1.82, 2.24) is 0 Å². The maximum atomic E-state index is 11.0. The third kappa shape index (κ3) is 4.09. The molecule has 0 fully saturated rings. The molecule has 0 saturated carbocycles. The molecular formula is C10H14O4. The van der Waals surface area contributed by atoms with Crippen molar-refractivity contribution in [2.24, 2.45) is 0 Å². The van der Waals surface area contributed by atoms with Gasteiger partial charge in [-0.05, 0) is 26.0 Å². The van der Waals surface area contributed by atoms with Crippen molar-refractivity contribution in [3.63, 3.8) is 0 Å². The molecule has 0 unspecified atom stereocenters. The molecule has 1 aromatic rings. The van der Waals surface area contributed by atoms with Gasteiger partial charge in [-0.3, -0.25) is 0 Å². The zero-order valence-electron chi connectivity index (χ0n) is 8.36. The van der Waals surface area contributed by atoms with Crippen molar-refractivity contribution in [2.45, 2.75) is 26.6 Å². The summed E-state index contributed by atoms with van der Waals surface area (Å²) < 4.78 is 15.0. The van der Waals surface area contributed by atoms with E-state index in [1.54, 1.807) is 32.2 Å². The van der Waals surface area contributed by atoms with Gasteiger partial charge in [0, 0.05) is 0 Å². The lowest BCUT2D eigenvalue weighted by atomic mass is 10.5. The molecule has 0 bridgehead atoms. The summed E-state index contributed by atoms with van der Waals surface area (Å²) in [6, 6.07) is 3.55. The zero-order chi connectivity index (χ0) is 10.4. The Morgan fingerprint density at radius 2 is 2.36 bits per heavy atom. The van der Waals surface area contributed by atoms with Crippen LogP contribution >= 0.6 is 0 Å². The standard InChI is InChI=1S/C10H14O4/c1-8(2)14-10(11)7-12-6-9-4-3-5-13-9/h3-5,8H,6-7H2,1-2H3. The second-order valence-corrected chi connectivity index (χ2v) is 3.11. The first-order valence-electron chi connectivity index (χ1n) is 4.48. The van der Waals surface area contributed by atoms with Crippen molar-refractivity contribution in [1.29, 1.82) is 0 Å². The van der Waals surface area contributed by atoms with Crippen LogP contribution in [-0.4, -0.2) is 18.7 Å². The summed E-state index contributed by atoms with van der Waals surface area (Å²) in [5, 5.41) is 0. The highest BCUT2D eigenvalue weighted by Gasteiger charge is 2.05. The maximum Gasteiger partial charge on any atom is 0.332 e. The molecule has 0 atom stereocenters. The minimum Gasteiger partial charge on any atom is -0.467 e. The number of ether oxygens (including phenoxy) is 2. The number of hydrogen-bond acceptors (Lipinski definition) is 4. The molecule has 1 rings (SSSR count). The van der Waals surface area contributed by atoms with Crippen molar-refractivity contribution < 1.29 is 18.7 Å². The third-order valence-corrected chi connectivity index (χ3v) is 1.41. The van der Waals surface area contributed by atoms with Gasteiger partial charge in [0.15, 0.2) is 0 Å². The van der Waals surface area contributed by atoms with Crippen LogP contribution in [0.15, 0.2) is 22.8 Å². The minimum absolute atomic E-state index is 0.0428. The van der Waals surface area contributed by atoms with Gasteiger partial charge in [-0.1, -0.05) is 0 Å². The molecule has 0 saturated heterocycles. The van der Waals surface area contributed by atoms with E-state index in [0.29, 0.717) is 12.4 Å². The molecule has 0 aliphatic rings. The Hall–Kier alpha value is -1.29. The maximum absolute atomic E-state index is 11.0. The summed E-state index contributed by atoms with van der Waals surface area (Å²) in [4.78, 5) is 11.0. The van der Waals surface area contributed by atoms with Crippen molar-refractivity contribution in [2.75, 3.05) is 6.61 Å². The van der Waals surface area contributed by atoms with E-state index in [0.717, 1.165) is 0 Å². The van der Waals surface area contributed by atoms with Crippen LogP contribution in [0.2, 0.25) is 0 Å². The molecule has 0 N–H and O–H groups in total. The molecule has 0 radical (unpaired) electrons. The van der Waals surface area contributed by atoms with Gasteiger partial charge in [0.25, 0.3) is 0 Å². The molecule has 0 aromatic carbocycles. The molecule has 0 spiro atoms. The molecule has 1 heterocycles. The van der Waals surface area contributed by atoms with E-state index in [-0.39, 0.29) is 18.7 Å². The lowest BCUT2D eigenvalue weighted by Crippen LogP contribution is -2.16. The molecule has 0 amide bonds. The Morgan fingerprint density at radius 1 is 1.57 bits per heavy atom. The van der Waals surface area contributed by atoms with Crippen molar-refractivity contribution >= 4 is 5.97 Å². The summed E-state index contributed by atoms with van der Waals surface area (Å²) in [5.74, 6) is 0.342. The van der Waals surface area contributed by atoms with Gasteiger partial charge < -0.3 is 13.9 Å². The normalized spacial score (nSPS) is 10.5. The van der Waals surface area contributed by atoms with Gasteiger partial charge in [0.2, 0.25) is 0 Å². The molecule has 1 aromatic heterocycles. The van der Waals surface area contributed by atoms with E-state index in [2.05, 4.69) is 0 Å². The van der Waals surface area contributed by atoms with Gasteiger partial charge in [0.05, 0.1) is 12.4 Å². The van der Waals surface area contributed by atoms with Crippen LogP contribution in [-0.2, 0) is 20.9 Å². The van der Waals surface area contributed by atoms with Gasteiger partial charge in [-0.15, -0.1) is 0 Å². The highest BCUT2D eigenvalue weighted by atomic mass is 16.6. The molecule has 4 nitrogen and oxygen atoms in total. The molecule has 0 aliphatic carbocycles. The van der Waals surface area contributed by atoms with Crippen LogP contribution < -0.4 is 0 Å². The highest BCUT2D eigenvalue weighted by Crippen LogP contribution is 2.01. The second kappa shape index (κ2) is 5.44. The number of esters is 1. The fourth-order valence-corrected chi connectivity index (χ4v) is 0.927. The van der Waals surface area contributed by atoms with Gasteiger partial charge >= 0.3 is 5.97 Å². The Morgan fingerprint density at radius 3 is 2.93 bits per heavy atom. The number of furan rings is 1. The van der Waals surface area contributed by atoms with E-state index < -0.39 is 0 Å². The Bertz CT molecular complexity index is 264. The number of carbonyl (C=O) groups is 1. The largest absolute Gasteiger partial charge is 0.467 e. The monoisotopic (exact) mass is 198 g/mol. The van der Waals surface area contributed by atoms with Crippen molar-refractivity contribution in [3.8, 4) is 0 Å². The first-order valence-corrected chi connectivity index (χ1v) is 4.48. The minimum atomic E-state index is -0.355. The van der Waals surface area contributed by atoms with Gasteiger partial charge in [-0.25, -0.2) is 4.79 Å². The quantitative estimate of drug-likeness (QED) is 0.676. The average Bonchev–Trinajstić information content (AvgIpc) is 2.55. The van der Waals surface area contributed by atoms with Crippen molar-refractivity contribution in [3.05, 3.63) is 24.2 Å². The van der Waals surface area contributed by atoms with E-state index in [9.17, 15) is 4.79 Å². The fourth-order valence-electron chi connectivity index (χ4n) is 0.927. The lowest BCUT2D eigenvalue weighted by molar-refractivity contribution is -0.153. The molecule has 0 aliphatic heterocycles. The Balaban J connectivity index is 2.12. The fraction of sp³-hybridized carbons (Fsp3) is 0.500.